The summed E-state index contributed by atoms with van der Waals surface area (Å²) < 4.78 is 16.9. The minimum atomic E-state index is -1.62. The van der Waals surface area contributed by atoms with Crippen LogP contribution in [0.3, 0.4) is 0 Å². The number of aliphatic hydroxyl groups is 4. The average Bonchev–Trinajstić information content (AvgIpc) is 3.28. The van der Waals surface area contributed by atoms with Gasteiger partial charge in [0, 0.05) is 34.5 Å². The Bertz CT molecular complexity index is 1180. The molecule has 3 aliphatic heterocycles. The van der Waals surface area contributed by atoms with Crippen LogP contribution in [0.1, 0.15) is 23.7 Å². The Balaban J connectivity index is 1.41. The highest BCUT2D eigenvalue weighted by atomic mass is 16.8. The molecule has 5 rings (SSSR count). The number of aliphatic carboxylic acids is 1. The lowest BCUT2D eigenvalue weighted by Crippen LogP contribution is -2.60. The molecule has 11 heteroatoms. The van der Waals surface area contributed by atoms with Crippen LogP contribution < -0.4 is 5.32 Å². The molecule has 200 valence electrons. The number of aromatic nitrogens is 1. The van der Waals surface area contributed by atoms with Crippen LogP contribution in [0, 0.1) is 11.8 Å². The second-order valence-corrected chi connectivity index (χ2v) is 9.69. The first kappa shape index (κ1) is 25.9. The van der Waals surface area contributed by atoms with Gasteiger partial charge < -0.3 is 50.0 Å². The van der Waals surface area contributed by atoms with Gasteiger partial charge in [-0.05, 0) is 31.0 Å². The van der Waals surface area contributed by atoms with E-state index in [1.165, 1.54) is 5.56 Å². The van der Waals surface area contributed by atoms with Crippen molar-refractivity contribution in [2.75, 3.05) is 13.2 Å². The zero-order valence-corrected chi connectivity index (χ0v) is 20.1. The number of fused-ring (bicyclic) bond motifs is 3. The first-order valence-corrected chi connectivity index (χ1v) is 12.3. The summed E-state index contributed by atoms with van der Waals surface area (Å²) in [5.74, 6) is -2.36. The van der Waals surface area contributed by atoms with Gasteiger partial charge in [-0.15, -0.1) is 6.58 Å². The van der Waals surface area contributed by atoms with Crippen molar-refractivity contribution in [3.63, 3.8) is 0 Å². The summed E-state index contributed by atoms with van der Waals surface area (Å²) in [6.45, 7) is 4.01. The van der Waals surface area contributed by atoms with E-state index in [2.05, 4.69) is 22.9 Å². The van der Waals surface area contributed by atoms with E-state index in [-0.39, 0.29) is 11.6 Å². The van der Waals surface area contributed by atoms with Crippen LogP contribution >= 0.6 is 0 Å². The van der Waals surface area contributed by atoms with Crippen LogP contribution in [-0.2, 0) is 25.4 Å². The van der Waals surface area contributed by atoms with Crippen LogP contribution in [0.15, 0.2) is 48.8 Å². The SMILES string of the molecule is C=CC1C(OC2OC(CO)C(O)C(O)C2O)OC=C(C(=O)O)C1CC1NCCc2c1[nH]c1ccccc21. The van der Waals surface area contributed by atoms with Gasteiger partial charge in [0.25, 0.3) is 0 Å². The molecule has 1 saturated heterocycles. The van der Waals surface area contributed by atoms with Crippen molar-refractivity contribution in [1.82, 2.24) is 10.3 Å². The van der Waals surface area contributed by atoms with Gasteiger partial charge in [0.2, 0.25) is 6.29 Å². The number of hydrogen-bond donors (Lipinski definition) is 7. The van der Waals surface area contributed by atoms with E-state index in [9.17, 15) is 30.3 Å². The molecule has 0 radical (unpaired) electrons. The summed E-state index contributed by atoms with van der Waals surface area (Å²) in [5.41, 5.74) is 3.30. The largest absolute Gasteiger partial charge is 0.478 e. The van der Waals surface area contributed by atoms with Gasteiger partial charge in [-0.1, -0.05) is 24.3 Å². The van der Waals surface area contributed by atoms with Gasteiger partial charge in [0.05, 0.1) is 18.4 Å². The van der Waals surface area contributed by atoms with E-state index < -0.39 is 61.4 Å². The van der Waals surface area contributed by atoms with Crippen molar-refractivity contribution < 1.29 is 44.5 Å². The van der Waals surface area contributed by atoms with Crippen LogP contribution in [0.2, 0.25) is 0 Å². The summed E-state index contributed by atoms with van der Waals surface area (Å²) in [5, 5.41) is 54.6. The third kappa shape index (κ3) is 4.68. The molecule has 11 nitrogen and oxygen atoms in total. The zero-order valence-electron chi connectivity index (χ0n) is 20.1. The molecular formula is C26H32N2O9. The third-order valence-electron chi connectivity index (χ3n) is 7.59. The molecule has 7 N–H and O–H groups in total. The Hall–Kier alpha value is -2.77. The van der Waals surface area contributed by atoms with E-state index in [0.717, 1.165) is 35.8 Å². The predicted molar refractivity (Wildman–Crippen MR) is 130 cm³/mol. The van der Waals surface area contributed by atoms with Crippen molar-refractivity contribution in [2.45, 2.75) is 55.9 Å². The molecular weight excluding hydrogens is 484 g/mol. The highest BCUT2D eigenvalue weighted by Crippen LogP contribution is 2.41. The first-order chi connectivity index (χ1) is 17.8. The topological polar surface area (TPSA) is 174 Å². The highest BCUT2D eigenvalue weighted by Gasteiger charge is 2.48. The van der Waals surface area contributed by atoms with Crippen molar-refractivity contribution in [1.29, 1.82) is 0 Å². The molecule has 1 fully saturated rings. The molecule has 37 heavy (non-hydrogen) atoms. The fourth-order valence-electron chi connectivity index (χ4n) is 5.64. The number of benzene rings is 1. The molecule has 3 aliphatic rings. The van der Waals surface area contributed by atoms with E-state index in [4.69, 9.17) is 14.2 Å². The maximum atomic E-state index is 12.2. The number of carboxylic acid groups (broad SMARTS) is 1. The van der Waals surface area contributed by atoms with Crippen molar-refractivity contribution >= 4 is 16.9 Å². The standard InChI is InChI=1S/C26H32N2O9/c1-2-12-15(9-18-20-14(7-8-27-18)13-5-3-4-6-17(13)28-20)16(24(33)34)11-35-25(12)37-26-23(32)22(31)21(30)19(10-29)36-26/h2-6,11-12,15,18-19,21-23,25-32H,1,7-10H2,(H,33,34). The lowest BCUT2D eigenvalue weighted by atomic mass is 9.78. The molecule has 1 aromatic carbocycles. The number of para-hydroxylation sites is 1. The number of carbonyl (C=O) groups is 1. The van der Waals surface area contributed by atoms with Crippen LogP contribution in [-0.4, -0.2) is 86.6 Å². The summed E-state index contributed by atoms with van der Waals surface area (Å²) >= 11 is 0. The van der Waals surface area contributed by atoms with Crippen LogP contribution in [0.25, 0.3) is 10.9 Å². The second-order valence-electron chi connectivity index (χ2n) is 9.69. The Morgan fingerprint density at radius 3 is 2.68 bits per heavy atom. The quantitative estimate of drug-likeness (QED) is 0.254. The summed E-state index contributed by atoms with van der Waals surface area (Å²) in [6, 6.07) is 7.87. The van der Waals surface area contributed by atoms with Gasteiger partial charge in [0.1, 0.15) is 24.4 Å². The molecule has 9 atom stereocenters. The fourth-order valence-corrected chi connectivity index (χ4v) is 5.64. The van der Waals surface area contributed by atoms with Crippen molar-refractivity contribution in [2.24, 2.45) is 11.8 Å². The Kier molecular flexibility index (Phi) is 7.37. The van der Waals surface area contributed by atoms with E-state index in [1.807, 2.05) is 18.2 Å². The lowest BCUT2D eigenvalue weighted by Gasteiger charge is -2.43. The molecule has 9 unspecified atom stereocenters. The number of aromatic amines is 1. The van der Waals surface area contributed by atoms with Crippen molar-refractivity contribution in [3.8, 4) is 0 Å². The molecule has 0 spiro atoms. The number of nitrogens with one attached hydrogen (secondary N) is 2. The Morgan fingerprint density at radius 1 is 1.16 bits per heavy atom. The van der Waals surface area contributed by atoms with Crippen LogP contribution in [0.5, 0.6) is 0 Å². The normalized spacial score (nSPS) is 35.9. The fraction of sp³-hybridized carbons (Fsp3) is 0.500. The minimum absolute atomic E-state index is 0.0589. The van der Waals surface area contributed by atoms with Crippen LogP contribution in [0.4, 0.5) is 0 Å². The Labute approximate surface area is 213 Å². The van der Waals surface area contributed by atoms with Crippen molar-refractivity contribution in [3.05, 3.63) is 60.0 Å². The minimum Gasteiger partial charge on any atom is -0.478 e. The van der Waals surface area contributed by atoms with Gasteiger partial charge in [-0.25, -0.2) is 4.79 Å². The first-order valence-electron chi connectivity index (χ1n) is 12.3. The number of aliphatic hydroxyl groups excluding tert-OH is 4. The maximum Gasteiger partial charge on any atom is 0.334 e. The summed E-state index contributed by atoms with van der Waals surface area (Å²) in [7, 11) is 0. The predicted octanol–water partition coefficient (Wildman–Crippen LogP) is 0.305. The smallest absolute Gasteiger partial charge is 0.334 e. The summed E-state index contributed by atoms with van der Waals surface area (Å²) in [4.78, 5) is 15.6. The maximum absolute atomic E-state index is 12.2. The van der Waals surface area contributed by atoms with Gasteiger partial charge >= 0.3 is 5.97 Å². The monoisotopic (exact) mass is 516 g/mol. The molecule has 0 bridgehead atoms. The number of hydrogen-bond acceptors (Lipinski definition) is 9. The molecule has 1 aromatic heterocycles. The number of carboxylic acids is 1. The van der Waals surface area contributed by atoms with Gasteiger partial charge in [-0.3, -0.25) is 0 Å². The summed E-state index contributed by atoms with van der Waals surface area (Å²) in [6.07, 6.45) is -4.53. The van der Waals surface area contributed by atoms with E-state index in [0.29, 0.717) is 6.42 Å². The lowest BCUT2D eigenvalue weighted by molar-refractivity contribution is -0.339. The number of H-pyrrole nitrogens is 1. The molecule has 0 saturated carbocycles. The second kappa shape index (κ2) is 10.5. The highest BCUT2D eigenvalue weighted by molar-refractivity contribution is 5.87. The molecule has 0 amide bonds. The van der Waals surface area contributed by atoms with E-state index in [1.54, 1.807) is 6.08 Å². The van der Waals surface area contributed by atoms with Gasteiger partial charge in [-0.2, -0.15) is 0 Å². The Morgan fingerprint density at radius 2 is 1.95 bits per heavy atom. The molecule has 4 heterocycles. The number of ether oxygens (including phenoxy) is 3. The molecule has 2 aromatic rings. The molecule has 0 aliphatic carbocycles. The van der Waals surface area contributed by atoms with E-state index >= 15 is 0 Å². The van der Waals surface area contributed by atoms with Gasteiger partial charge in [0.15, 0.2) is 6.29 Å². The third-order valence-corrected chi connectivity index (χ3v) is 7.59. The zero-order chi connectivity index (χ0) is 26.3. The average molecular weight is 517 g/mol. The number of rotatable bonds is 7.